The van der Waals surface area contributed by atoms with Crippen molar-refractivity contribution in [3.05, 3.63) is 89.2 Å². The van der Waals surface area contributed by atoms with Crippen LogP contribution < -0.4 is 10.6 Å². The van der Waals surface area contributed by atoms with E-state index in [0.29, 0.717) is 6.54 Å². The quantitative estimate of drug-likeness (QED) is 0.603. The van der Waals surface area contributed by atoms with Gasteiger partial charge in [0.05, 0.1) is 12.6 Å². The average molecular weight is 404 g/mol. The van der Waals surface area contributed by atoms with Crippen LogP contribution in [0.4, 0.5) is 0 Å². The minimum Gasteiger partial charge on any atom is -0.389 e. The Labute approximate surface area is 174 Å². The van der Waals surface area contributed by atoms with Gasteiger partial charge in [0.1, 0.15) is 5.69 Å². The maximum absolute atomic E-state index is 12.9. The van der Waals surface area contributed by atoms with E-state index in [0.717, 1.165) is 11.1 Å². The molecule has 0 saturated heterocycles. The number of fused-ring (bicyclic) bond motifs is 1. The number of β-amino-alcohol motifs (C(OH)–C–C–N with tert-alkyl or cyclic N) is 1. The number of nitrogens with one attached hydrogen (secondary N) is 2. The summed E-state index contributed by atoms with van der Waals surface area (Å²) in [4.78, 5) is 25.0. The van der Waals surface area contributed by atoms with Crippen molar-refractivity contribution in [1.29, 1.82) is 0 Å². The fraction of sp³-hybridized carbons (Fsp3) is 0.261. The second kappa shape index (κ2) is 8.12. The highest BCUT2D eigenvalue weighted by molar-refractivity contribution is 5.98. The number of carbonyl (C=O) groups excluding carboxylic acids is 2. The largest absolute Gasteiger partial charge is 0.389 e. The first-order chi connectivity index (χ1) is 14.5. The van der Waals surface area contributed by atoms with Crippen LogP contribution in [-0.2, 0) is 12.0 Å². The predicted octanol–water partition coefficient (Wildman–Crippen LogP) is 1.72. The molecule has 1 aromatic heterocycles. The number of benzene rings is 2. The molecule has 1 atom stereocenters. The molecule has 2 aromatic carbocycles. The summed E-state index contributed by atoms with van der Waals surface area (Å²) in [6.07, 6.45) is -0.745. The van der Waals surface area contributed by atoms with Crippen LogP contribution in [-0.4, -0.2) is 45.9 Å². The average Bonchev–Trinajstić information content (AvgIpc) is 3.15. The maximum atomic E-state index is 12.9. The van der Waals surface area contributed by atoms with E-state index >= 15 is 0 Å². The highest BCUT2D eigenvalue weighted by Crippen LogP contribution is 2.31. The predicted molar refractivity (Wildman–Crippen MR) is 112 cm³/mol. The lowest BCUT2D eigenvalue weighted by Gasteiger charge is -2.31. The number of amides is 2. The lowest BCUT2D eigenvalue weighted by atomic mass is 9.76. The number of carbonyl (C=O) groups is 2. The summed E-state index contributed by atoms with van der Waals surface area (Å²) in [5.74, 6) is -0.715. The highest BCUT2D eigenvalue weighted by Gasteiger charge is 2.30. The number of aromatic nitrogens is 2. The SMILES string of the molecule is CC(CNC(=O)c1cc2n(n1)C[C@H](O)CNC2=O)(c1ccccc1)c1ccccc1. The van der Waals surface area contributed by atoms with Crippen molar-refractivity contribution in [3.8, 4) is 0 Å². The van der Waals surface area contributed by atoms with E-state index in [1.54, 1.807) is 0 Å². The first-order valence-electron chi connectivity index (χ1n) is 9.91. The van der Waals surface area contributed by atoms with Crippen LogP contribution in [0.3, 0.4) is 0 Å². The normalized spacial score (nSPS) is 16.3. The van der Waals surface area contributed by atoms with Crippen molar-refractivity contribution in [2.75, 3.05) is 13.1 Å². The molecule has 0 bridgehead atoms. The van der Waals surface area contributed by atoms with E-state index in [2.05, 4.69) is 22.7 Å². The van der Waals surface area contributed by atoms with Crippen LogP contribution in [0.2, 0.25) is 0 Å². The Morgan fingerprint density at radius 1 is 1.17 bits per heavy atom. The second-order valence-corrected chi connectivity index (χ2v) is 7.71. The van der Waals surface area contributed by atoms with Gasteiger partial charge < -0.3 is 15.7 Å². The first-order valence-corrected chi connectivity index (χ1v) is 9.91. The first kappa shape index (κ1) is 19.8. The molecule has 0 unspecified atom stereocenters. The number of aliphatic hydroxyl groups is 1. The third-order valence-corrected chi connectivity index (χ3v) is 5.55. The summed E-state index contributed by atoms with van der Waals surface area (Å²) in [7, 11) is 0. The molecular formula is C23H24N4O3. The zero-order chi connectivity index (χ0) is 21.1. The van der Waals surface area contributed by atoms with Gasteiger partial charge in [-0.3, -0.25) is 14.3 Å². The van der Waals surface area contributed by atoms with Crippen LogP contribution in [0.25, 0.3) is 0 Å². The molecule has 3 aromatic rings. The summed E-state index contributed by atoms with van der Waals surface area (Å²) in [5.41, 5.74) is 2.14. The Hall–Kier alpha value is -3.45. The molecule has 30 heavy (non-hydrogen) atoms. The number of nitrogens with zero attached hydrogens (tertiary/aromatic N) is 2. The van der Waals surface area contributed by atoms with E-state index in [-0.39, 0.29) is 36.3 Å². The fourth-order valence-corrected chi connectivity index (χ4v) is 3.75. The van der Waals surface area contributed by atoms with Crippen molar-refractivity contribution in [3.63, 3.8) is 0 Å². The van der Waals surface area contributed by atoms with Crippen LogP contribution in [0.5, 0.6) is 0 Å². The molecule has 154 valence electrons. The maximum Gasteiger partial charge on any atom is 0.271 e. The van der Waals surface area contributed by atoms with Crippen molar-refractivity contribution in [1.82, 2.24) is 20.4 Å². The van der Waals surface area contributed by atoms with Gasteiger partial charge in [-0.15, -0.1) is 0 Å². The lowest BCUT2D eigenvalue weighted by Crippen LogP contribution is -2.39. The smallest absolute Gasteiger partial charge is 0.271 e. The van der Waals surface area contributed by atoms with Crippen LogP contribution in [0.1, 0.15) is 39.0 Å². The van der Waals surface area contributed by atoms with Gasteiger partial charge >= 0.3 is 0 Å². The van der Waals surface area contributed by atoms with Gasteiger partial charge in [0.25, 0.3) is 11.8 Å². The molecule has 2 amide bonds. The number of rotatable bonds is 5. The summed E-state index contributed by atoms with van der Waals surface area (Å²) >= 11 is 0. The Kier molecular flexibility index (Phi) is 5.37. The zero-order valence-corrected chi connectivity index (χ0v) is 16.7. The fourth-order valence-electron chi connectivity index (χ4n) is 3.75. The van der Waals surface area contributed by atoms with Gasteiger partial charge in [-0.05, 0) is 18.1 Å². The van der Waals surface area contributed by atoms with Gasteiger partial charge in [-0.2, -0.15) is 5.10 Å². The van der Waals surface area contributed by atoms with Gasteiger partial charge in [-0.1, -0.05) is 60.7 Å². The molecule has 1 aliphatic rings. The van der Waals surface area contributed by atoms with Crippen molar-refractivity contribution in [2.45, 2.75) is 25.0 Å². The summed E-state index contributed by atoms with van der Waals surface area (Å²) in [5, 5.41) is 19.7. The molecule has 0 saturated carbocycles. The summed E-state index contributed by atoms with van der Waals surface area (Å²) < 4.78 is 1.38. The van der Waals surface area contributed by atoms with Gasteiger partial charge in [0, 0.05) is 24.6 Å². The van der Waals surface area contributed by atoms with Crippen LogP contribution in [0.15, 0.2) is 66.7 Å². The molecule has 2 heterocycles. The topological polar surface area (TPSA) is 96.2 Å². The highest BCUT2D eigenvalue weighted by atomic mass is 16.3. The standard InChI is InChI=1S/C23H24N4O3/c1-23(16-8-4-2-5-9-16,17-10-6-3-7-11-17)15-25-21(29)19-12-20-22(30)24-13-18(28)14-27(20)26-19/h2-12,18,28H,13-15H2,1H3,(H,24,30)(H,25,29)/t18-/m1/s1. The Morgan fingerprint density at radius 3 is 2.37 bits per heavy atom. The van der Waals surface area contributed by atoms with E-state index in [1.807, 2.05) is 60.7 Å². The van der Waals surface area contributed by atoms with Crippen molar-refractivity contribution >= 4 is 11.8 Å². The van der Waals surface area contributed by atoms with E-state index in [9.17, 15) is 14.7 Å². The lowest BCUT2D eigenvalue weighted by molar-refractivity contribution is 0.0931. The molecule has 0 fully saturated rings. The number of hydrogen-bond donors (Lipinski definition) is 3. The van der Waals surface area contributed by atoms with Gasteiger partial charge in [0.2, 0.25) is 0 Å². The third kappa shape index (κ3) is 3.84. The van der Waals surface area contributed by atoms with Crippen molar-refractivity contribution in [2.24, 2.45) is 0 Å². The summed E-state index contributed by atoms with van der Waals surface area (Å²) in [6.45, 7) is 2.77. The van der Waals surface area contributed by atoms with Crippen molar-refractivity contribution < 1.29 is 14.7 Å². The molecule has 0 spiro atoms. The molecule has 0 aliphatic carbocycles. The van der Waals surface area contributed by atoms with E-state index < -0.39 is 11.5 Å². The minimum atomic E-state index is -0.745. The van der Waals surface area contributed by atoms with E-state index in [4.69, 9.17) is 0 Å². The molecule has 4 rings (SSSR count). The Balaban J connectivity index is 1.58. The molecule has 3 N–H and O–H groups in total. The minimum absolute atomic E-state index is 0.151. The van der Waals surface area contributed by atoms with Gasteiger partial charge in [-0.25, -0.2) is 0 Å². The number of aliphatic hydroxyl groups excluding tert-OH is 1. The monoisotopic (exact) mass is 404 g/mol. The summed E-state index contributed by atoms with van der Waals surface area (Å²) in [6, 6.07) is 21.5. The molecular weight excluding hydrogens is 380 g/mol. The van der Waals surface area contributed by atoms with Crippen LogP contribution >= 0.6 is 0 Å². The third-order valence-electron chi connectivity index (χ3n) is 5.55. The Bertz CT molecular complexity index is 1010. The molecule has 7 heteroatoms. The molecule has 1 aliphatic heterocycles. The van der Waals surface area contributed by atoms with Crippen LogP contribution in [0, 0.1) is 0 Å². The Morgan fingerprint density at radius 2 is 1.77 bits per heavy atom. The van der Waals surface area contributed by atoms with Gasteiger partial charge in [0.15, 0.2) is 5.69 Å². The molecule has 0 radical (unpaired) electrons. The molecule has 7 nitrogen and oxygen atoms in total. The second-order valence-electron chi connectivity index (χ2n) is 7.71. The van der Waals surface area contributed by atoms with E-state index in [1.165, 1.54) is 10.7 Å². The zero-order valence-electron chi connectivity index (χ0n) is 16.7. The number of hydrogen-bond acceptors (Lipinski definition) is 4.